The number of hydrogen-bond donors (Lipinski definition) is 0. The lowest BCUT2D eigenvalue weighted by atomic mass is 10.0. The first-order valence-electron chi connectivity index (χ1n) is 11.5. The average molecular weight is 461 g/mol. The minimum Gasteiger partial charge on any atom is -0.484 e. The van der Waals surface area contributed by atoms with Crippen LogP contribution in [0.5, 0.6) is 5.75 Å². The molecule has 1 aliphatic rings. The summed E-state index contributed by atoms with van der Waals surface area (Å²) in [5.74, 6) is 0.0824. The number of halogens is 1. The molecule has 0 spiro atoms. The molecule has 1 saturated heterocycles. The van der Waals surface area contributed by atoms with Gasteiger partial charge < -0.3 is 9.64 Å². The van der Waals surface area contributed by atoms with Crippen LogP contribution >= 0.6 is 0 Å². The molecule has 5 nitrogen and oxygen atoms in total. The quantitative estimate of drug-likeness (QED) is 0.485. The van der Waals surface area contributed by atoms with Gasteiger partial charge in [0, 0.05) is 42.8 Å². The first-order valence-corrected chi connectivity index (χ1v) is 11.5. The fourth-order valence-electron chi connectivity index (χ4n) is 4.30. The van der Waals surface area contributed by atoms with Crippen molar-refractivity contribution in [2.24, 2.45) is 0 Å². The standard InChI is InChI=1S/C28H29FN2O3/c1-20-17-31(21(2)16-30(20)18-22-11-13-25(29)14-12-22)27(32)19-34-26-10-6-9-24(15-26)28(33)23-7-4-3-5-8-23/h3-15,20-21H,16-19H2,1-2H3. The molecule has 3 aromatic carbocycles. The van der Waals surface area contributed by atoms with Crippen LogP contribution in [0.1, 0.15) is 35.3 Å². The van der Waals surface area contributed by atoms with Crippen LogP contribution in [0.2, 0.25) is 0 Å². The molecule has 0 bridgehead atoms. The highest BCUT2D eigenvalue weighted by Crippen LogP contribution is 2.20. The molecule has 1 fully saturated rings. The fraction of sp³-hybridized carbons (Fsp3) is 0.286. The van der Waals surface area contributed by atoms with Gasteiger partial charge in [0.05, 0.1) is 0 Å². The SMILES string of the molecule is CC1CN(C(=O)COc2cccc(C(=O)c3ccccc3)c2)C(C)CN1Cc1ccc(F)cc1. The summed E-state index contributed by atoms with van der Waals surface area (Å²) < 4.78 is 19.0. The maximum Gasteiger partial charge on any atom is 0.260 e. The Hall–Kier alpha value is -3.51. The van der Waals surface area contributed by atoms with Gasteiger partial charge in [-0.1, -0.05) is 54.6 Å². The van der Waals surface area contributed by atoms with Crippen molar-refractivity contribution < 1.29 is 18.7 Å². The van der Waals surface area contributed by atoms with Crippen molar-refractivity contribution in [2.45, 2.75) is 32.5 Å². The van der Waals surface area contributed by atoms with E-state index in [1.165, 1.54) is 12.1 Å². The molecule has 0 radical (unpaired) electrons. The van der Waals surface area contributed by atoms with Gasteiger partial charge in [-0.25, -0.2) is 4.39 Å². The molecule has 176 valence electrons. The Morgan fingerprint density at radius 3 is 2.32 bits per heavy atom. The Balaban J connectivity index is 1.33. The number of benzene rings is 3. The van der Waals surface area contributed by atoms with Crippen molar-refractivity contribution in [3.8, 4) is 5.75 Å². The van der Waals surface area contributed by atoms with Gasteiger partial charge in [0.1, 0.15) is 11.6 Å². The average Bonchev–Trinajstić information content (AvgIpc) is 2.86. The lowest BCUT2D eigenvalue weighted by molar-refractivity contribution is -0.139. The van der Waals surface area contributed by atoms with Gasteiger partial charge in [0.2, 0.25) is 0 Å². The molecule has 0 aliphatic carbocycles. The zero-order chi connectivity index (χ0) is 24.1. The van der Waals surface area contributed by atoms with E-state index in [4.69, 9.17) is 4.74 Å². The highest BCUT2D eigenvalue weighted by Gasteiger charge is 2.32. The van der Waals surface area contributed by atoms with E-state index in [1.807, 2.05) is 30.0 Å². The lowest BCUT2D eigenvalue weighted by Gasteiger charge is -2.44. The highest BCUT2D eigenvalue weighted by atomic mass is 19.1. The van der Waals surface area contributed by atoms with E-state index in [0.717, 1.165) is 12.1 Å². The Morgan fingerprint density at radius 1 is 0.882 bits per heavy atom. The molecule has 34 heavy (non-hydrogen) atoms. The van der Waals surface area contributed by atoms with Gasteiger partial charge in [-0.15, -0.1) is 0 Å². The van der Waals surface area contributed by atoms with Crippen LogP contribution in [0.15, 0.2) is 78.9 Å². The van der Waals surface area contributed by atoms with Crippen molar-refractivity contribution in [3.63, 3.8) is 0 Å². The van der Waals surface area contributed by atoms with E-state index >= 15 is 0 Å². The largest absolute Gasteiger partial charge is 0.484 e. The zero-order valence-electron chi connectivity index (χ0n) is 19.5. The number of hydrogen-bond acceptors (Lipinski definition) is 4. The van der Waals surface area contributed by atoms with E-state index in [1.54, 1.807) is 48.5 Å². The molecule has 2 unspecified atom stereocenters. The van der Waals surface area contributed by atoms with Gasteiger partial charge in [-0.3, -0.25) is 14.5 Å². The number of rotatable bonds is 7. The summed E-state index contributed by atoms with van der Waals surface area (Å²) in [4.78, 5) is 29.8. The van der Waals surface area contributed by atoms with Gasteiger partial charge >= 0.3 is 0 Å². The molecule has 0 saturated carbocycles. The predicted octanol–water partition coefficient (Wildman–Crippen LogP) is 4.56. The maximum atomic E-state index is 13.2. The maximum absolute atomic E-state index is 13.2. The Kier molecular flexibility index (Phi) is 7.38. The van der Waals surface area contributed by atoms with Crippen LogP contribution < -0.4 is 4.74 Å². The third-order valence-corrected chi connectivity index (χ3v) is 6.23. The first kappa shape index (κ1) is 23.6. The third-order valence-electron chi connectivity index (χ3n) is 6.23. The molecule has 1 amide bonds. The highest BCUT2D eigenvalue weighted by molar-refractivity contribution is 6.09. The number of piperazine rings is 1. The summed E-state index contributed by atoms with van der Waals surface area (Å²) in [6.45, 7) is 6.07. The van der Waals surface area contributed by atoms with E-state index < -0.39 is 0 Å². The molecular weight excluding hydrogens is 431 g/mol. The van der Waals surface area contributed by atoms with E-state index in [-0.39, 0.29) is 36.2 Å². The minimum absolute atomic E-state index is 0.0266. The zero-order valence-corrected chi connectivity index (χ0v) is 19.5. The second kappa shape index (κ2) is 10.6. The van der Waals surface area contributed by atoms with E-state index in [9.17, 15) is 14.0 Å². The summed E-state index contributed by atoms with van der Waals surface area (Å²) in [6, 6.07) is 22.7. The van der Waals surface area contributed by atoms with Crippen molar-refractivity contribution in [1.82, 2.24) is 9.80 Å². The number of ether oxygens (including phenoxy) is 1. The monoisotopic (exact) mass is 460 g/mol. The Morgan fingerprint density at radius 2 is 1.59 bits per heavy atom. The van der Waals surface area contributed by atoms with Crippen molar-refractivity contribution >= 4 is 11.7 Å². The number of carbonyl (C=O) groups excluding carboxylic acids is 2. The lowest BCUT2D eigenvalue weighted by Crippen LogP contribution is -2.58. The Bertz CT molecular complexity index is 1130. The third kappa shape index (κ3) is 5.69. The first-order chi connectivity index (χ1) is 16.4. The minimum atomic E-state index is -0.240. The van der Waals surface area contributed by atoms with Crippen molar-refractivity contribution in [3.05, 3.63) is 101 Å². The molecule has 4 rings (SSSR count). The van der Waals surface area contributed by atoms with Crippen molar-refractivity contribution in [2.75, 3.05) is 19.7 Å². The summed E-state index contributed by atoms with van der Waals surface area (Å²) >= 11 is 0. The van der Waals surface area contributed by atoms with E-state index in [2.05, 4.69) is 11.8 Å². The van der Waals surface area contributed by atoms with E-state index in [0.29, 0.717) is 30.0 Å². The topological polar surface area (TPSA) is 49.9 Å². The van der Waals surface area contributed by atoms with Crippen LogP contribution in [-0.4, -0.2) is 53.3 Å². The normalized spacial score (nSPS) is 18.5. The number of amides is 1. The summed E-state index contributed by atoms with van der Waals surface area (Å²) in [5, 5.41) is 0. The van der Waals surface area contributed by atoms with Crippen LogP contribution in [-0.2, 0) is 11.3 Å². The molecule has 6 heteroatoms. The van der Waals surface area contributed by atoms with Crippen LogP contribution in [0.4, 0.5) is 4.39 Å². The summed E-state index contributed by atoms with van der Waals surface area (Å²) in [7, 11) is 0. The molecule has 2 atom stereocenters. The van der Waals surface area contributed by atoms with Crippen molar-refractivity contribution in [1.29, 1.82) is 0 Å². The van der Waals surface area contributed by atoms with Gasteiger partial charge in [-0.2, -0.15) is 0 Å². The number of nitrogens with zero attached hydrogens (tertiary/aromatic N) is 2. The molecule has 3 aromatic rings. The predicted molar refractivity (Wildman–Crippen MR) is 129 cm³/mol. The smallest absolute Gasteiger partial charge is 0.260 e. The molecular formula is C28H29FN2O3. The van der Waals surface area contributed by atoms with Gasteiger partial charge in [0.15, 0.2) is 12.4 Å². The second-order valence-corrected chi connectivity index (χ2v) is 8.81. The fourth-order valence-corrected chi connectivity index (χ4v) is 4.30. The number of ketones is 1. The van der Waals surface area contributed by atoms with Crippen LogP contribution in [0.25, 0.3) is 0 Å². The molecule has 0 aromatic heterocycles. The second-order valence-electron chi connectivity index (χ2n) is 8.81. The summed E-state index contributed by atoms with van der Waals surface area (Å²) in [5.41, 5.74) is 2.18. The molecule has 1 heterocycles. The van der Waals surface area contributed by atoms with Crippen LogP contribution in [0.3, 0.4) is 0 Å². The summed E-state index contributed by atoms with van der Waals surface area (Å²) in [6.07, 6.45) is 0. The van der Waals surface area contributed by atoms with Gasteiger partial charge in [0.25, 0.3) is 5.91 Å². The molecule has 0 N–H and O–H groups in total. The Labute approximate surface area is 199 Å². The number of carbonyl (C=O) groups is 2. The van der Waals surface area contributed by atoms with Gasteiger partial charge in [-0.05, 0) is 43.7 Å². The molecule has 1 aliphatic heterocycles. The van der Waals surface area contributed by atoms with Crippen LogP contribution in [0, 0.1) is 5.82 Å².